The summed E-state index contributed by atoms with van der Waals surface area (Å²) in [6, 6.07) is 0.349. The third-order valence-electron chi connectivity index (χ3n) is 3.03. The van der Waals surface area contributed by atoms with Crippen LogP contribution < -0.4 is 10.6 Å². The number of hydrogen-bond acceptors (Lipinski definition) is 2. The second-order valence-electron chi connectivity index (χ2n) is 6.20. The van der Waals surface area contributed by atoms with Gasteiger partial charge in [0.05, 0.1) is 0 Å². The lowest BCUT2D eigenvalue weighted by molar-refractivity contribution is -0.123. The Morgan fingerprint density at radius 1 is 1.50 bits per heavy atom. The maximum atomic E-state index is 11.9. The monoisotopic (exact) mass is 226 g/mol. The van der Waals surface area contributed by atoms with E-state index in [1.54, 1.807) is 0 Å². The van der Waals surface area contributed by atoms with Gasteiger partial charge < -0.3 is 10.6 Å². The zero-order valence-electron chi connectivity index (χ0n) is 11.1. The number of rotatable bonds is 5. The van der Waals surface area contributed by atoms with Crippen molar-refractivity contribution in [1.29, 1.82) is 0 Å². The van der Waals surface area contributed by atoms with Gasteiger partial charge in [-0.15, -0.1) is 0 Å². The number of carbonyl (C=O) groups excluding carboxylic acids is 1. The van der Waals surface area contributed by atoms with Crippen molar-refractivity contribution in [3.05, 3.63) is 0 Å². The van der Waals surface area contributed by atoms with Crippen molar-refractivity contribution in [3.8, 4) is 0 Å². The first kappa shape index (κ1) is 13.5. The van der Waals surface area contributed by atoms with Crippen molar-refractivity contribution >= 4 is 5.91 Å². The summed E-state index contributed by atoms with van der Waals surface area (Å²) in [6.45, 7) is 10.7. The van der Waals surface area contributed by atoms with Gasteiger partial charge in [-0.25, -0.2) is 0 Å². The number of nitrogens with one attached hydrogen (secondary N) is 2. The van der Waals surface area contributed by atoms with Gasteiger partial charge in [0.2, 0.25) is 5.91 Å². The Bertz CT molecular complexity index is 230. The van der Waals surface area contributed by atoms with Crippen molar-refractivity contribution in [2.45, 2.75) is 53.0 Å². The minimum Gasteiger partial charge on any atom is -0.352 e. The highest BCUT2D eigenvalue weighted by molar-refractivity contribution is 5.77. The fraction of sp³-hybridized carbons (Fsp3) is 0.923. The molecule has 1 saturated heterocycles. The molecule has 1 unspecified atom stereocenters. The zero-order valence-corrected chi connectivity index (χ0v) is 11.1. The van der Waals surface area contributed by atoms with Crippen LogP contribution >= 0.6 is 0 Å². The number of carbonyl (C=O) groups is 1. The Labute approximate surface area is 99.4 Å². The van der Waals surface area contributed by atoms with Crippen LogP contribution in [-0.4, -0.2) is 25.0 Å². The molecule has 94 valence electrons. The molecule has 1 aliphatic rings. The van der Waals surface area contributed by atoms with Gasteiger partial charge >= 0.3 is 0 Å². The summed E-state index contributed by atoms with van der Waals surface area (Å²) >= 11 is 0. The summed E-state index contributed by atoms with van der Waals surface area (Å²) in [6.07, 6.45) is 2.81. The molecule has 0 spiro atoms. The molecule has 0 aromatic rings. The lowest BCUT2D eigenvalue weighted by atomic mass is 9.81. The summed E-state index contributed by atoms with van der Waals surface area (Å²) in [4.78, 5) is 11.9. The highest BCUT2D eigenvalue weighted by atomic mass is 16.1. The van der Waals surface area contributed by atoms with Crippen molar-refractivity contribution in [2.24, 2.45) is 11.3 Å². The maximum absolute atomic E-state index is 11.9. The largest absolute Gasteiger partial charge is 0.352 e. The topological polar surface area (TPSA) is 41.1 Å². The summed E-state index contributed by atoms with van der Waals surface area (Å²) in [5, 5.41) is 6.36. The molecule has 0 saturated carbocycles. The molecule has 1 fully saturated rings. The van der Waals surface area contributed by atoms with Crippen LogP contribution in [0.4, 0.5) is 0 Å². The van der Waals surface area contributed by atoms with Crippen molar-refractivity contribution < 1.29 is 4.79 Å². The van der Waals surface area contributed by atoms with Crippen LogP contribution in [0.3, 0.4) is 0 Å². The van der Waals surface area contributed by atoms with Gasteiger partial charge in [0.15, 0.2) is 0 Å². The van der Waals surface area contributed by atoms with Gasteiger partial charge in [-0.1, -0.05) is 27.7 Å². The van der Waals surface area contributed by atoms with E-state index in [1.165, 1.54) is 0 Å². The van der Waals surface area contributed by atoms with E-state index >= 15 is 0 Å². The van der Waals surface area contributed by atoms with Gasteiger partial charge in [-0.2, -0.15) is 0 Å². The zero-order chi connectivity index (χ0) is 12.2. The van der Waals surface area contributed by atoms with Gasteiger partial charge in [0.25, 0.3) is 0 Å². The lowest BCUT2D eigenvalue weighted by Gasteiger charge is -2.26. The average Bonchev–Trinajstić information content (AvgIpc) is 2.51. The quantitative estimate of drug-likeness (QED) is 0.752. The molecule has 0 radical (unpaired) electrons. The van der Waals surface area contributed by atoms with Crippen molar-refractivity contribution in [2.75, 3.05) is 13.1 Å². The predicted molar refractivity (Wildman–Crippen MR) is 67.3 cm³/mol. The minimum absolute atomic E-state index is 0.115. The van der Waals surface area contributed by atoms with E-state index in [9.17, 15) is 4.79 Å². The van der Waals surface area contributed by atoms with Gasteiger partial charge in [-0.05, 0) is 30.7 Å². The van der Waals surface area contributed by atoms with Crippen LogP contribution in [0.2, 0.25) is 0 Å². The smallest absolute Gasteiger partial charge is 0.220 e. The molecule has 1 heterocycles. The van der Waals surface area contributed by atoms with E-state index in [0.29, 0.717) is 18.4 Å². The van der Waals surface area contributed by atoms with E-state index in [1.807, 2.05) is 0 Å². The van der Waals surface area contributed by atoms with E-state index in [-0.39, 0.29) is 11.3 Å². The van der Waals surface area contributed by atoms with Crippen LogP contribution in [0.15, 0.2) is 0 Å². The Morgan fingerprint density at radius 3 is 2.69 bits per heavy atom. The van der Waals surface area contributed by atoms with Gasteiger partial charge in [0.1, 0.15) is 0 Å². The minimum atomic E-state index is 0.115. The highest BCUT2D eigenvalue weighted by Crippen LogP contribution is 2.28. The maximum Gasteiger partial charge on any atom is 0.220 e. The molecular formula is C13H26N2O. The molecule has 3 nitrogen and oxygen atoms in total. The first-order valence-electron chi connectivity index (χ1n) is 6.39. The lowest BCUT2D eigenvalue weighted by Crippen LogP contribution is -2.38. The first-order chi connectivity index (χ1) is 7.39. The molecule has 2 N–H and O–H groups in total. The highest BCUT2D eigenvalue weighted by Gasteiger charge is 2.25. The molecule has 0 bridgehead atoms. The summed E-state index contributed by atoms with van der Waals surface area (Å²) in [5.74, 6) is 0.857. The predicted octanol–water partition coefficient (Wildman–Crippen LogP) is 1.93. The van der Waals surface area contributed by atoms with Crippen LogP contribution in [0.25, 0.3) is 0 Å². The van der Waals surface area contributed by atoms with E-state index in [2.05, 4.69) is 38.3 Å². The summed E-state index contributed by atoms with van der Waals surface area (Å²) < 4.78 is 0. The molecule has 0 aliphatic carbocycles. The standard InChI is InChI=1S/C13H26N2O/c1-10(2)7-13(3,4)8-12(16)15-11-5-6-14-9-11/h10-11,14H,5-9H2,1-4H3,(H,15,16). The van der Waals surface area contributed by atoms with Crippen molar-refractivity contribution in [1.82, 2.24) is 10.6 Å². The van der Waals surface area contributed by atoms with Crippen molar-refractivity contribution in [3.63, 3.8) is 0 Å². The molecular weight excluding hydrogens is 200 g/mol. The van der Waals surface area contributed by atoms with Crippen LogP contribution in [-0.2, 0) is 4.79 Å². The van der Waals surface area contributed by atoms with E-state index in [0.717, 1.165) is 25.9 Å². The molecule has 0 aromatic heterocycles. The summed E-state index contributed by atoms with van der Waals surface area (Å²) in [7, 11) is 0. The Kier molecular flexibility index (Phi) is 4.78. The fourth-order valence-corrected chi connectivity index (χ4v) is 2.67. The second kappa shape index (κ2) is 5.67. The van der Waals surface area contributed by atoms with E-state index in [4.69, 9.17) is 0 Å². The molecule has 1 atom stereocenters. The van der Waals surface area contributed by atoms with Crippen LogP contribution in [0, 0.1) is 11.3 Å². The van der Waals surface area contributed by atoms with E-state index < -0.39 is 0 Å². The molecule has 1 aliphatic heterocycles. The first-order valence-corrected chi connectivity index (χ1v) is 6.39. The Balaban J connectivity index is 2.31. The third-order valence-corrected chi connectivity index (χ3v) is 3.03. The van der Waals surface area contributed by atoms with Crippen LogP contribution in [0.1, 0.15) is 47.0 Å². The number of amides is 1. The fourth-order valence-electron chi connectivity index (χ4n) is 2.67. The third kappa shape index (κ3) is 4.97. The molecule has 1 amide bonds. The Morgan fingerprint density at radius 2 is 2.19 bits per heavy atom. The molecule has 1 rings (SSSR count). The molecule has 3 heteroatoms. The normalized spacial score (nSPS) is 21.4. The molecule has 0 aromatic carbocycles. The summed E-state index contributed by atoms with van der Waals surface area (Å²) in [5.41, 5.74) is 0.115. The SMILES string of the molecule is CC(C)CC(C)(C)CC(=O)NC1CCNC1. The average molecular weight is 226 g/mol. The molecule has 16 heavy (non-hydrogen) atoms. The van der Waals surface area contributed by atoms with Gasteiger partial charge in [0, 0.05) is 19.0 Å². The Hall–Kier alpha value is -0.570. The second-order valence-corrected chi connectivity index (χ2v) is 6.20. The van der Waals surface area contributed by atoms with Gasteiger partial charge in [-0.3, -0.25) is 4.79 Å². The number of hydrogen-bond donors (Lipinski definition) is 2. The van der Waals surface area contributed by atoms with Crippen LogP contribution in [0.5, 0.6) is 0 Å².